The standard InChI is InChI=1S/C24H25N5O5/c1-32-22-12-26-18-6-2-4-15(23(18)28-22)11-25-9-3-5-17-13-29(24(31)34-17)16-7-8-20-19(10-16)27-21(30)14-33-20/h2,4,6-8,10,12,17,25H,3,5,9,11,13-14H2,1H3,(H,27,30)/t17-/m1/s1. The van der Waals surface area contributed by atoms with Crippen molar-refractivity contribution in [2.75, 3.05) is 37.0 Å². The second-order valence-electron chi connectivity index (χ2n) is 8.15. The molecule has 3 heterocycles. The molecular weight excluding hydrogens is 438 g/mol. The number of cyclic esters (lactones) is 1. The van der Waals surface area contributed by atoms with Gasteiger partial charge < -0.3 is 24.8 Å². The summed E-state index contributed by atoms with van der Waals surface area (Å²) in [5.74, 6) is 0.865. The van der Waals surface area contributed by atoms with Gasteiger partial charge in [0.1, 0.15) is 11.9 Å². The highest BCUT2D eigenvalue weighted by Gasteiger charge is 2.32. The molecule has 0 aliphatic carbocycles. The number of carbonyl (C=O) groups is 2. The van der Waals surface area contributed by atoms with E-state index in [1.165, 1.54) is 0 Å². The minimum absolute atomic E-state index is 0.00367. The molecule has 34 heavy (non-hydrogen) atoms. The molecule has 0 unspecified atom stereocenters. The molecule has 1 atom stereocenters. The first kappa shape index (κ1) is 21.9. The Kier molecular flexibility index (Phi) is 6.13. The number of aromatic nitrogens is 2. The predicted molar refractivity (Wildman–Crippen MR) is 125 cm³/mol. The van der Waals surface area contributed by atoms with E-state index in [0.29, 0.717) is 36.1 Å². The van der Waals surface area contributed by atoms with Crippen LogP contribution in [0.1, 0.15) is 18.4 Å². The highest BCUT2D eigenvalue weighted by atomic mass is 16.6. The lowest BCUT2D eigenvalue weighted by atomic mass is 10.1. The fourth-order valence-electron chi connectivity index (χ4n) is 4.12. The van der Waals surface area contributed by atoms with Crippen LogP contribution in [0.3, 0.4) is 0 Å². The summed E-state index contributed by atoms with van der Waals surface area (Å²) in [5.41, 5.74) is 3.92. The van der Waals surface area contributed by atoms with Crippen LogP contribution >= 0.6 is 0 Å². The van der Waals surface area contributed by atoms with Crippen LogP contribution in [0.5, 0.6) is 11.6 Å². The van der Waals surface area contributed by atoms with Crippen molar-refractivity contribution in [2.45, 2.75) is 25.5 Å². The number of amides is 2. The van der Waals surface area contributed by atoms with E-state index in [4.69, 9.17) is 14.2 Å². The molecule has 0 spiro atoms. The van der Waals surface area contributed by atoms with Gasteiger partial charge in [-0.1, -0.05) is 12.1 Å². The molecule has 2 aliphatic heterocycles. The van der Waals surface area contributed by atoms with E-state index in [-0.39, 0.29) is 24.7 Å². The molecule has 1 saturated heterocycles. The van der Waals surface area contributed by atoms with Crippen molar-refractivity contribution >= 4 is 34.4 Å². The number of nitrogens with zero attached hydrogens (tertiary/aromatic N) is 3. The molecule has 10 nitrogen and oxygen atoms in total. The van der Waals surface area contributed by atoms with Crippen LogP contribution < -0.4 is 25.0 Å². The molecule has 0 radical (unpaired) electrons. The number of fused-ring (bicyclic) bond motifs is 2. The SMILES string of the molecule is COc1cnc2cccc(CNCCC[C@@H]3CN(c4ccc5c(c4)NC(=O)CO5)C(=O)O3)c2n1. The second-order valence-corrected chi connectivity index (χ2v) is 8.15. The zero-order chi connectivity index (χ0) is 23.5. The molecular formula is C24H25N5O5. The van der Waals surface area contributed by atoms with Gasteiger partial charge in [-0.05, 0) is 49.2 Å². The van der Waals surface area contributed by atoms with Crippen LogP contribution in [-0.4, -0.2) is 54.9 Å². The van der Waals surface area contributed by atoms with Crippen LogP contribution in [-0.2, 0) is 16.1 Å². The smallest absolute Gasteiger partial charge is 0.414 e. The van der Waals surface area contributed by atoms with E-state index in [1.54, 1.807) is 36.4 Å². The first-order valence-electron chi connectivity index (χ1n) is 11.1. The average molecular weight is 463 g/mol. The Morgan fingerprint density at radius 2 is 2.18 bits per heavy atom. The molecule has 0 saturated carbocycles. The number of rotatable bonds is 8. The van der Waals surface area contributed by atoms with Gasteiger partial charge in [0.05, 0.1) is 36.6 Å². The van der Waals surface area contributed by atoms with Gasteiger partial charge in [0.25, 0.3) is 5.91 Å². The number of anilines is 2. The number of hydrogen-bond acceptors (Lipinski definition) is 8. The Bertz CT molecular complexity index is 1230. The number of benzene rings is 2. The van der Waals surface area contributed by atoms with Crippen molar-refractivity contribution in [2.24, 2.45) is 0 Å². The summed E-state index contributed by atoms with van der Waals surface area (Å²) in [5, 5.41) is 6.19. The van der Waals surface area contributed by atoms with Gasteiger partial charge in [0.2, 0.25) is 5.88 Å². The third-order valence-corrected chi connectivity index (χ3v) is 5.82. The third-order valence-electron chi connectivity index (χ3n) is 5.82. The zero-order valence-corrected chi connectivity index (χ0v) is 18.7. The summed E-state index contributed by atoms with van der Waals surface area (Å²) in [7, 11) is 1.57. The lowest BCUT2D eigenvalue weighted by Gasteiger charge is -2.20. The Hall–Kier alpha value is -3.92. The second kappa shape index (κ2) is 9.52. The van der Waals surface area contributed by atoms with Gasteiger partial charge in [0, 0.05) is 12.2 Å². The minimum Gasteiger partial charge on any atom is -0.482 e. The Morgan fingerprint density at radius 1 is 1.26 bits per heavy atom. The molecule has 3 aromatic rings. The maximum absolute atomic E-state index is 12.4. The highest BCUT2D eigenvalue weighted by molar-refractivity contribution is 5.97. The van der Waals surface area contributed by atoms with E-state index in [0.717, 1.165) is 36.0 Å². The molecule has 1 aromatic heterocycles. The van der Waals surface area contributed by atoms with Crippen LogP contribution in [0.4, 0.5) is 16.2 Å². The van der Waals surface area contributed by atoms with E-state index < -0.39 is 0 Å². The fraction of sp³-hybridized carbons (Fsp3) is 0.333. The lowest BCUT2D eigenvalue weighted by Crippen LogP contribution is -2.27. The Balaban J connectivity index is 1.12. The van der Waals surface area contributed by atoms with Crippen molar-refractivity contribution in [3.05, 3.63) is 48.2 Å². The van der Waals surface area contributed by atoms with Crippen LogP contribution in [0.15, 0.2) is 42.6 Å². The van der Waals surface area contributed by atoms with Crippen molar-refractivity contribution in [1.82, 2.24) is 15.3 Å². The quantitative estimate of drug-likeness (QED) is 0.490. The average Bonchev–Trinajstić information content (AvgIpc) is 3.23. The number of ether oxygens (including phenoxy) is 3. The molecule has 176 valence electrons. The van der Waals surface area contributed by atoms with Crippen molar-refractivity contribution < 1.29 is 23.8 Å². The van der Waals surface area contributed by atoms with Gasteiger partial charge in [0.15, 0.2) is 6.61 Å². The number of hydrogen-bond donors (Lipinski definition) is 2. The topological polar surface area (TPSA) is 115 Å². The highest BCUT2D eigenvalue weighted by Crippen LogP contribution is 2.33. The molecule has 10 heteroatoms. The molecule has 2 amide bonds. The van der Waals surface area contributed by atoms with E-state index >= 15 is 0 Å². The normalized spacial score (nSPS) is 17.2. The van der Waals surface area contributed by atoms with E-state index in [1.807, 2.05) is 18.2 Å². The van der Waals surface area contributed by atoms with Crippen molar-refractivity contribution in [1.29, 1.82) is 0 Å². The Morgan fingerprint density at radius 3 is 3.06 bits per heavy atom. The maximum Gasteiger partial charge on any atom is 0.414 e. The largest absolute Gasteiger partial charge is 0.482 e. The van der Waals surface area contributed by atoms with E-state index in [2.05, 4.69) is 20.6 Å². The van der Waals surface area contributed by atoms with Crippen LogP contribution in [0.25, 0.3) is 11.0 Å². The van der Waals surface area contributed by atoms with Gasteiger partial charge in [-0.3, -0.25) is 9.69 Å². The van der Waals surface area contributed by atoms with Crippen LogP contribution in [0.2, 0.25) is 0 Å². The molecule has 2 aliphatic rings. The summed E-state index contributed by atoms with van der Waals surface area (Å²) >= 11 is 0. The minimum atomic E-state index is -0.385. The van der Waals surface area contributed by atoms with Gasteiger partial charge in [-0.15, -0.1) is 0 Å². The fourth-order valence-corrected chi connectivity index (χ4v) is 4.12. The molecule has 5 rings (SSSR count). The number of methoxy groups -OCH3 is 1. The first-order chi connectivity index (χ1) is 16.6. The van der Waals surface area contributed by atoms with Gasteiger partial charge >= 0.3 is 6.09 Å². The molecule has 2 aromatic carbocycles. The monoisotopic (exact) mass is 463 g/mol. The maximum atomic E-state index is 12.4. The summed E-state index contributed by atoms with van der Waals surface area (Å²) in [6, 6.07) is 11.2. The number of nitrogens with one attached hydrogen (secondary N) is 2. The third kappa shape index (κ3) is 4.58. The van der Waals surface area contributed by atoms with Gasteiger partial charge in [-0.2, -0.15) is 0 Å². The van der Waals surface area contributed by atoms with E-state index in [9.17, 15) is 9.59 Å². The summed E-state index contributed by atoms with van der Waals surface area (Å²) in [6.07, 6.45) is 2.62. The van der Waals surface area contributed by atoms with Gasteiger partial charge in [-0.25, -0.2) is 14.8 Å². The zero-order valence-electron chi connectivity index (χ0n) is 18.7. The Labute approximate surface area is 196 Å². The molecule has 2 N–H and O–H groups in total. The number of carbonyl (C=O) groups excluding carboxylic acids is 2. The lowest BCUT2D eigenvalue weighted by molar-refractivity contribution is -0.118. The number of para-hydroxylation sites is 1. The van der Waals surface area contributed by atoms with Crippen LogP contribution in [0, 0.1) is 0 Å². The predicted octanol–water partition coefficient (Wildman–Crippen LogP) is 2.86. The van der Waals surface area contributed by atoms with Crippen molar-refractivity contribution in [3.63, 3.8) is 0 Å². The summed E-state index contributed by atoms with van der Waals surface area (Å²) in [4.78, 5) is 34.5. The summed E-state index contributed by atoms with van der Waals surface area (Å²) < 4.78 is 16.1. The van der Waals surface area contributed by atoms with Crippen molar-refractivity contribution in [3.8, 4) is 11.6 Å². The first-order valence-corrected chi connectivity index (χ1v) is 11.1. The summed E-state index contributed by atoms with van der Waals surface area (Å²) in [6.45, 7) is 1.88. The molecule has 0 bridgehead atoms. The molecule has 1 fully saturated rings.